The first-order chi connectivity index (χ1) is 12.9. The maximum atomic E-state index is 14.1. The number of halogens is 4. The molecule has 0 aliphatic carbocycles. The van der Waals surface area contributed by atoms with E-state index in [0.717, 1.165) is 23.8 Å². The molecule has 28 heavy (non-hydrogen) atoms. The fourth-order valence-electron chi connectivity index (χ4n) is 2.35. The lowest BCUT2D eigenvalue weighted by Crippen LogP contribution is -2.27. The minimum absolute atomic E-state index is 0.208. The van der Waals surface area contributed by atoms with Crippen molar-refractivity contribution in [1.82, 2.24) is 4.57 Å². The number of rotatable bonds is 5. The van der Waals surface area contributed by atoms with Crippen LogP contribution in [0.4, 0.5) is 23.2 Å². The number of hydrogen-bond donors (Lipinski definition) is 1. The minimum atomic E-state index is -4.68. The minimum Gasteiger partial charge on any atom is -0.345 e. The maximum absolute atomic E-state index is 14.1. The summed E-state index contributed by atoms with van der Waals surface area (Å²) >= 11 is 0. The second-order valence-electron chi connectivity index (χ2n) is 6.13. The third-order valence-corrected chi connectivity index (χ3v) is 5.85. The second kappa shape index (κ2) is 7.63. The van der Waals surface area contributed by atoms with Gasteiger partial charge in [-0.25, -0.2) is 12.8 Å². The van der Waals surface area contributed by atoms with E-state index in [-0.39, 0.29) is 16.9 Å². The van der Waals surface area contributed by atoms with Gasteiger partial charge >= 0.3 is 6.18 Å². The van der Waals surface area contributed by atoms with Crippen molar-refractivity contribution < 1.29 is 30.8 Å². The largest absolute Gasteiger partial charge is 0.392 e. The van der Waals surface area contributed by atoms with Crippen molar-refractivity contribution in [2.24, 2.45) is 13.0 Å². The maximum Gasteiger partial charge on any atom is 0.392 e. The standard InChI is InChI=1S/C17H15F4N3O3S/c1-10(17(19,20)21)9-28(26,27)12-6-14(24(2)8-12)16(25)23-13-5-3-4-11(7-22)15(13)18/h3-6,8,10H,9H2,1-2H3,(H,23,25)/t10-/m1/s1. The molecule has 1 heterocycles. The van der Waals surface area contributed by atoms with E-state index in [1.165, 1.54) is 25.2 Å². The van der Waals surface area contributed by atoms with Crippen LogP contribution in [0.2, 0.25) is 0 Å². The van der Waals surface area contributed by atoms with E-state index in [1.54, 1.807) is 6.07 Å². The Labute approximate surface area is 158 Å². The van der Waals surface area contributed by atoms with Crippen LogP contribution in [-0.4, -0.2) is 30.8 Å². The number of carbonyl (C=O) groups excluding carboxylic acids is 1. The van der Waals surface area contributed by atoms with Gasteiger partial charge in [-0.3, -0.25) is 4.79 Å². The molecule has 0 fully saturated rings. The summed E-state index contributed by atoms with van der Waals surface area (Å²) in [6.07, 6.45) is -3.67. The van der Waals surface area contributed by atoms with Crippen molar-refractivity contribution in [3.05, 3.63) is 47.5 Å². The normalized spacial score (nSPS) is 13.0. The fraction of sp³-hybridized carbons (Fsp3) is 0.294. The Bertz CT molecular complexity index is 1050. The lowest BCUT2D eigenvalue weighted by atomic mass is 10.2. The van der Waals surface area contributed by atoms with Crippen molar-refractivity contribution in [2.75, 3.05) is 11.1 Å². The Morgan fingerprint density at radius 2 is 2.00 bits per heavy atom. The van der Waals surface area contributed by atoms with Gasteiger partial charge in [-0.1, -0.05) is 13.0 Å². The Balaban J connectivity index is 2.29. The van der Waals surface area contributed by atoms with Crippen LogP contribution in [0.15, 0.2) is 35.4 Å². The van der Waals surface area contributed by atoms with Crippen LogP contribution in [0.25, 0.3) is 0 Å². The van der Waals surface area contributed by atoms with Gasteiger partial charge in [0.2, 0.25) is 0 Å². The number of benzene rings is 1. The monoisotopic (exact) mass is 417 g/mol. The Kier molecular flexibility index (Phi) is 5.84. The fourth-order valence-corrected chi connectivity index (χ4v) is 4.00. The van der Waals surface area contributed by atoms with Crippen LogP contribution in [0, 0.1) is 23.1 Å². The Morgan fingerprint density at radius 1 is 1.36 bits per heavy atom. The number of hydrogen-bond acceptors (Lipinski definition) is 4. The van der Waals surface area contributed by atoms with Crippen molar-refractivity contribution in [3.8, 4) is 6.07 Å². The van der Waals surface area contributed by atoms with Gasteiger partial charge in [0.05, 0.1) is 27.8 Å². The van der Waals surface area contributed by atoms with E-state index >= 15 is 0 Å². The van der Waals surface area contributed by atoms with Crippen LogP contribution in [0.5, 0.6) is 0 Å². The highest BCUT2D eigenvalue weighted by atomic mass is 32.2. The van der Waals surface area contributed by atoms with Crippen LogP contribution in [0.1, 0.15) is 23.0 Å². The van der Waals surface area contributed by atoms with E-state index in [2.05, 4.69) is 5.32 Å². The number of sulfone groups is 1. The first-order valence-electron chi connectivity index (χ1n) is 7.82. The molecule has 1 aromatic carbocycles. The van der Waals surface area contributed by atoms with Crippen molar-refractivity contribution >= 4 is 21.4 Å². The number of alkyl halides is 3. The van der Waals surface area contributed by atoms with Gasteiger partial charge in [-0.15, -0.1) is 0 Å². The van der Waals surface area contributed by atoms with E-state index in [9.17, 15) is 30.8 Å². The topological polar surface area (TPSA) is 92.0 Å². The molecule has 0 spiro atoms. The van der Waals surface area contributed by atoms with Gasteiger partial charge in [0.15, 0.2) is 15.7 Å². The Hall–Kier alpha value is -2.87. The summed E-state index contributed by atoms with van der Waals surface area (Å²) < 4.78 is 77.6. The van der Waals surface area contributed by atoms with Gasteiger partial charge in [0, 0.05) is 13.2 Å². The average molecular weight is 417 g/mol. The van der Waals surface area contributed by atoms with E-state index in [0.29, 0.717) is 0 Å². The highest BCUT2D eigenvalue weighted by Gasteiger charge is 2.39. The number of anilines is 1. The molecule has 0 bridgehead atoms. The quantitative estimate of drug-likeness (QED) is 0.756. The molecule has 2 rings (SSSR count). The zero-order valence-corrected chi connectivity index (χ0v) is 15.5. The van der Waals surface area contributed by atoms with E-state index in [4.69, 9.17) is 5.26 Å². The number of nitrogens with zero attached hydrogens (tertiary/aromatic N) is 2. The molecule has 1 N–H and O–H groups in total. The summed E-state index contributed by atoms with van der Waals surface area (Å²) in [5.41, 5.74) is -0.797. The molecule has 0 aliphatic heterocycles. The molecule has 0 unspecified atom stereocenters. The molecule has 0 aliphatic rings. The van der Waals surface area contributed by atoms with Crippen LogP contribution < -0.4 is 5.32 Å². The lowest BCUT2D eigenvalue weighted by Gasteiger charge is -2.14. The van der Waals surface area contributed by atoms with Crippen molar-refractivity contribution in [2.45, 2.75) is 18.0 Å². The lowest BCUT2D eigenvalue weighted by molar-refractivity contribution is -0.163. The van der Waals surface area contributed by atoms with Gasteiger partial charge in [0.25, 0.3) is 5.91 Å². The Morgan fingerprint density at radius 3 is 2.57 bits per heavy atom. The highest BCUT2D eigenvalue weighted by molar-refractivity contribution is 7.91. The predicted octanol–water partition coefficient (Wildman–Crippen LogP) is 3.26. The third kappa shape index (κ3) is 4.51. The molecule has 0 saturated carbocycles. The van der Waals surface area contributed by atoms with Crippen LogP contribution in [0.3, 0.4) is 0 Å². The van der Waals surface area contributed by atoms with Gasteiger partial charge in [-0.05, 0) is 18.2 Å². The molecule has 11 heteroatoms. The third-order valence-electron chi connectivity index (χ3n) is 3.97. The first-order valence-corrected chi connectivity index (χ1v) is 9.48. The molecule has 1 aromatic heterocycles. The van der Waals surface area contributed by atoms with Crippen LogP contribution in [-0.2, 0) is 16.9 Å². The van der Waals surface area contributed by atoms with Crippen molar-refractivity contribution in [3.63, 3.8) is 0 Å². The number of carbonyl (C=O) groups is 1. The zero-order chi connectivity index (χ0) is 21.3. The van der Waals surface area contributed by atoms with Gasteiger partial charge in [0.1, 0.15) is 11.8 Å². The zero-order valence-electron chi connectivity index (χ0n) is 14.7. The summed E-state index contributed by atoms with van der Waals surface area (Å²) in [5, 5.41) is 11.0. The molecule has 0 saturated heterocycles. The number of nitrogens with one attached hydrogen (secondary N) is 1. The van der Waals surface area contributed by atoms with Gasteiger partial charge in [-0.2, -0.15) is 18.4 Å². The van der Waals surface area contributed by atoms with E-state index < -0.39 is 44.3 Å². The highest BCUT2D eigenvalue weighted by Crippen LogP contribution is 2.29. The molecule has 1 atom stereocenters. The molecule has 1 amide bonds. The summed E-state index contributed by atoms with van der Waals surface area (Å²) in [7, 11) is -2.98. The molecule has 6 nitrogen and oxygen atoms in total. The smallest absolute Gasteiger partial charge is 0.345 e. The summed E-state index contributed by atoms with van der Waals surface area (Å²) in [5.74, 6) is -5.10. The van der Waals surface area contributed by atoms with Crippen molar-refractivity contribution in [1.29, 1.82) is 5.26 Å². The molecule has 0 radical (unpaired) electrons. The SMILES string of the molecule is C[C@H](CS(=O)(=O)c1cc(C(=O)Nc2cccc(C#N)c2F)n(C)c1)C(F)(F)F. The first kappa shape index (κ1) is 21.4. The summed E-state index contributed by atoms with van der Waals surface area (Å²) in [4.78, 5) is 11.9. The van der Waals surface area contributed by atoms with Crippen LogP contribution >= 0.6 is 0 Å². The van der Waals surface area contributed by atoms with Gasteiger partial charge < -0.3 is 9.88 Å². The number of amides is 1. The number of nitriles is 1. The number of aryl methyl sites for hydroxylation is 1. The molecular weight excluding hydrogens is 402 g/mol. The molecular formula is C17H15F4N3O3S. The number of aromatic nitrogens is 1. The summed E-state index contributed by atoms with van der Waals surface area (Å²) in [6, 6.07) is 6.29. The molecule has 2 aromatic rings. The molecule has 150 valence electrons. The summed E-state index contributed by atoms with van der Waals surface area (Å²) in [6.45, 7) is 0.749. The average Bonchev–Trinajstić information content (AvgIpc) is 2.98. The predicted molar refractivity (Wildman–Crippen MR) is 91.8 cm³/mol. The second-order valence-corrected chi connectivity index (χ2v) is 8.16. The van der Waals surface area contributed by atoms with E-state index in [1.807, 2.05) is 0 Å².